The lowest BCUT2D eigenvalue weighted by Gasteiger charge is -2.16. The number of anilines is 3. The Morgan fingerprint density at radius 1 is 1.00 bits per heavy atom. The lowest BCUT2D eigenvalue weighted by Crippen LogP contribution is -2.28. The van der Waals surface area contributed by atoms with E-state index in [9.17, 15) is 9.59 Å². The molecule has 2 heterocycles. The lowest BCUT2D eigenvalue weighted by atomic mass is 10.2. The Morgan fingerprint density at radius 3 is 2.20 bits per heavy atom. The number of carbonyl (C=O) groups excluding carboxylic acids is 2. The molecule has 2 aromatic carbocycles. The fourth-order valence-electron chi connectivity index (χ4n) is 3.22. The Labute approximate surface area is 238 Å². The highest BCUT2D eigenvalue weighted by molar-refractivity contribution is 6.30. The van der Waals surface area contributed by atoms with Crippen LogP contribution in [0.15, 0.2) is 77.9 Å². The summed E-state index contributed by atoms with van der Waals surface area (Å²) in [6.45, 7) is 5.31. The summed E-state index contributed by atoms with van der Waals surface area (Å²) in [4.78, 5) is 42.5. The predicted octanol–water partition coefficient (Wildman–Crippen LogP) is 5.31. The van der Waals surface area contributed by atoms with Gasteiger partial charge in [-0.3, -0.25) is 19.1 Å². The number of amides is 1. The second kappa shape index (κ2) is 16.4. The molecule has 40 heavy (non-hydrogen) atoms. The van der Waals surface area contributed by atoms with E-state index < -0.39 is 0 Å². The average molecular weight is 565 g/mol. The zero-order valence-electron chi connectivity index (χ0n) is 22.8. The van der Waals surface area contributed by atoms with Gasteiger partial charge in [0.15, 0.2) is 0 Å². The first-order valence-electron chi connectivity index (χ1n) is 12.4. The van der Waals surface area contributed by atoms with Crippen molar-refractivity contribution in [1.29, 1.82) is 0 Å². The van der Waals surface area contributed by atoms with Gasteiger partial charge in [0.25, 0.3) is 5.56 Å². The van der Waals surface area contributed by atoms with Gasteiger partial charge in [-0.15, -0.1) is 0 Å². The molecule has 210 valence electrons. The maximum Gasteiger partial charge on any atom is 0.279 e. The van der Waals surface area contributed by atoms with Crippen LogP contribution in [0.5, 0.6) is 11.5 Å². The number of aryl methyl sites for hydroxylation is 1. The van der Waals surface area contributed by atoms with Gasteiger partial charge in [-0.05, 0) is 75.0 Å². The zero-order valence-corrected chi connectivity index (χ0v) is 23.6. The summed E-state index contributed by atoms with van der Waals surface area (Å²) >= 11 is 6.00. The van der Waals surface area contributed by atoms with Gasteiger partial charge >= 0.3 is 0 Å². The largest absolute Gasteiger partial charge is 0.456 e. The minimum absolute atomic E-state index is 0.117. The molecule has 0 aliphatic carbocycles. The smallest absolute Gasteiger partial charge is 0.279 e. The standard InChI is InChI=1S/C26H24ClN5O3.C2H4O.CH5N/c1-3-24(33)31-23-15-29-26(32(25(23)34)16-18-5-7-19(27)8-6-18)30-20-9-12-21(13-10-20)35-22-11-4-17(2)28-14-22;1-2-3;1-2/h4-15H,3,16H2,1-2H3,(H,29,30)(H,31,33);2H,1H3;2H2,1H3. The molecule has 11 heteroatoms. The molecule has 0 atom stereocenters. The first-order valence-corrected chi connectivity index (χ1v) is 12.8. The Kier molecular flexibility index (Phi) is 13.0. The van der Waals surface area contributed by atoms with Crippen LogP contribution in [0, 0.1) is 6.92 Å². The van der Waals surface area contributed by atoms with E-state index >= 15 is 0 Å². The summed E-state index contributed by atoms with van der Waals surface area (Å²) in [6, 6.07) is 18.2. The first kappa shape index (κ1) is 31.7. The molecule has 4 N–H and O–H groups in total. The maximum absolute atomic E-state index is 13.2. The number of nitrogens with zero attached hydrogens (tertiary/aromatic N) is 3. The number of rotatable bonds is 8. The Balaban J connectivity index is 0.00000105. The molecule has 10 nitrogen and oxygen atoms in total. The molecule has 2 aromatic heterocycles. The van der Waals surface area contributed by atoms with Crippen LogP contribution in [0.25, 0.3) is 0 Å². The SMILES string of the molecule is CC=O.CCC(=O)Nc1cnc(Nc2ccc(Oc3ccc(C)nc3)cc2)n(Cc2ccc(Cl)cc2)c1=O.CN. The van der Waals surface area contributed by atoms with Gasteiger partial charge in [-0.2, -0.15) is 0 Å². The van der Waals surface area contributed by atoms with Gasteiger partial charge in [0.05, 0.1) is 18.9 Å². The third-order valence-electron chi connectivity index (χ3n) is 5.13. The average Bonchev–Trinajstić information content (AvgIpc) is 2.97. The molecular formula is C29H33ClN6O4. The van der Waals surface area contributed by atoms with Gasteiger partial charge in [-0.25, -0.2) is 4.98 Å². The van der Waals surface area contributed by atoms with Crippen LogP contribution in [-0.4, -0.2) is 33.8 Å². The van der Waals surface area contributed by atoms with Crippen LogP contribution >= 0.6 is 11.6 Å². The number of halogens is 1. The third kappa shape index (κ3) is 9.64. The van der Waals surface area contributed by atoms with Gasteiger partial charge in [-0.1, -0.05) is 30.7 Å². The molecule has 4 rings (SSSR count). The van der Waals surface area contributed by atoms with Crippen molar-refractivity contribution < 1.29 is 14.3 Å². The molecule has 0 saturated carbocycles. The van der Waals surface area contributed by atoms with Crippen molar-refractivity contribution in [3.63, 3.8) is 0 Å². The number of nitrogens with one attached hydrogen (secondary N) is 2. The summed E-state index contributed by atoms with van der Waals surface area (Å²) in [5, 5.41) is 6.40. The van der Waals surface area contributed by atoms with Gasteiger partial charge in [0.1, 0.15) is 23.5 Å². The summed E-state index contributed by atoms with van der Waals surface area (Å²) in [7, 11) is 1.50. The molecule has 0 aliphatic heterocycles. The molecule has 1 amide bonds. The topological polar surface area (TPSA) is 141 Å². The molecule has 0 saturated heterocycles. The molecule has 0 spiro atoms. The Morgan fingerprint density at radius 2 is 1.62 bits per heavy atom. The van der Waals surface area contributed by atoms with Crippen molar-refractivity contribution in [2.75, 3.05) is 17.7 Å². The number of aromatic nitrogens is 3. The number of aldehydes is 1. The van der Waals surface area contributed by atoms with Crippen molar-refractivity contribution in [2.24, 2.45) is 5.73 Å². The minimum atomic E-state index is -0.369. The normalized spacial score (nSPS) is 9.75. The highest BCUT2D eigenvalue weighted by atomic mass is 35.5. The maximum atomic E-state index is 13.2. The van der Waals surface area contributed by atoms with Crippen molar-refractivity contribution >= 4 is 41.1 Å². The van der Waals surface area contributed by atoms with Crippen molar-refractivity contribution in [3.8, 4) is 11.5 Å². The van der Waals surface area contributed by atoms with E-state index in [-0.39, 0.29) is 30.1 Å². The van der Waals surface area contributed by atoms with E-state index in [2.05, 4.69) is 26.3 Å². The third-order valence-corrected chi connectivity index (χ3v) is 5.38. The summed E-state index contributed by atoms with van der Waals surface area (Å²) in [5.74, 6) is 1.35. The minimum Gasteiger partial charge on any atom is -0.456 e. The first-order chi connectivity index (χ1) is 19.3. The monoisotopic (exact) mass is 564 g/mol. The molecular weight excluding hydrogens is 532 g/mol. The highest BCUT2D eigenvalue weighted by Gasteiger charge is 2.13. The summed E-state index contributed by atoms with van der Waals surface area (Å²) < 4.78 is 7.29. The number of pyridine rings is 1. The number of hydrogen-bond acceptors (Lipinski definition) is 8. The van der Waals surface area contributed by atoms with Crippen molar-refractivity contribution in [1.82, 2.24) is 14.5 Å². The van der Waals surface area contributed by atoms with Crippen molar-refractivity contribution in [3.05, 3.63) is 99.7 Å². The molecule has 0 bridgehead atoms. The van der Waals surface area contributed by atoms with Crippen LogP contribution in [-0.2, 0) is 16.1 Å². The van der Waals surface area contributed by atoms with E-state index in [1.165, 1.54) is 24.7 Å². The second-order valence-electron chi connectivity index (χ2n) is 8.04. The van der Waals surface area contributed by atoms with E-state index in [0.29, 0.717) is 28.2 Å². The molecule has 4 aromatic rings. The van der Waals surface area contributed by atoms with E-state index in [4.69, 9.17) is 21.1 Å². The predicted molar refractivity (Wildman–Crippen MR) is 159 cm³/mol. The van der Waals surface area contributed by atoms with Crippen LogP contribution in [0.4, 0.5) is 17.3 Å². The van der Waals surface area contributed by atoms with E-state index in [0.717, 1.165) is 17.5 Å². The summed E-state index contributed by atoms with van der Waals surface area (Å²) in [5.41, 5.74) is 6.73. The van der Waals surface area contributed by atoms with Gasteiger partial charge in [0, 0.05) is 22.8 Å². The highest BCUT2D eigenvalue weighted by Crippen LogP contribution is 2.24. The van der Waals surface area contributed by atoms with Gasteiger partial charge in [0.2, 0.25) is 11.9 Å². The molecule has 0 unspecified atom stereocenters. The lowest BCUT2D eigenvalue weighted by molar-refractivity contribution is -0.116. The quantitative estimate of drug-likeness (QED) is 0.244. The number of ether oxygens (including phenoxy) is 1. The van der Waals surface area contributed by atoms with Crippen molar-refractivity contribution in [2.45, 2.75) is 33.7 Å². The Bertz CT molecular complexity index is 1420. The number of hydrogen-bond donors (Lipinski definition) is 3. The summed E-state index contributed by atoms with van der Waals surface area (Å²) in [6.07, 6.45) is 4.03. The second-order valence-corrected chi connectivity index (χ2v) is 8.47. The number of benzene rings is 2. The molecule has 0 fully saturated rings. The van der Waals surface area contributed by atoms with Gasteiger partial charge < -0.3 is 25.9 Å². The van der Waals surface area contributed by atoms with Crippen LogP contribution < -0.4 is 26.7 Å². The zero-order chi connectivity index (χ0) is 29.5. The van der Waals surface area contributed by atoms with Crippen LogP contribution in [0.3, 0.4) is 0 Å². The van der Waals surface area contributed by atoms with E-state index in [1.807, 2.05) is 43.3 Å². The molecule has 0 aliphatic rings. The molecule has 0 radical (unpaired) electrons. The fourth-order valence-corrected chi connectivity index (χ4v) is 3.35. The van der Waals surface area contributed by atoms with E-state index in [1.54, 1.807) is 37.4 Å². The number of nitrogens with two attached hydrogens (primary N) is 1. The Hall–Kier alpha value is -4.54. The number of carbonyl (C=O) groups is 2. The van der Waals surface area contributed by atoms with Crippen LogP contribution in [0.1, 0.15) is 31.5 Å². The fraction of sp³-hybridized carbons (Fsp3) is 0.207. The van der Waals surface area contributed by atoms with Crippen LogP contribution in [0.2, 0.25) is 5.02 Å².